The van der Waals surface area contributed by atoms with Crippen molar-refractivity contribution in [2.45, 2.75) is 32.6 Å². The van der Waals surface area contributed by atoms with Gasteiger partial charge < -0.3 is 0 Å². The van der Waals surface area contributed by atoms with E-state index in [1.807, 2.05) is 6.92 Å². The Kier molecular flexibility index (Phi) is 1.49. The molecule has 0 aromatic rings. The first-order valence-electron chi connectivity index (χ1n) is 3.42. The van der Waals surface area contributed by atoms with E-state index in [0.717, 1.165) is 0 Å². The van der Waals surface area contributed by atoms with Crippen molar-refractivity contribution in [1.29, 1.82) is 0 Å². The van der Waals surface area contributed by atoms with Crippen LogP contribution in [0.1, 0.15) is 26.7 Å². The lowest BCUT2D eigenvalue weighted by Crippen LogP contribution is -2.21. The molecule has 0 bridgehead atoms. The zero-order valence-corrected chi connectivity index (χ0v) is 5.82. The smallest absolute Gasteiger partial charge is 0.207 e. The van der Waals surface area contributed by atoms with Crippen molar-refractivity contribution in [3.63, 3.8) is 0 Å². The van der Waals surface area contributed by atoms with Crippen LogP contribution in [0.3, 0.4) is 0 Å². The third-order valence-corrected chi connectivity index (χ3v) is 2.45. The molecule has 2 atom stereocenters. The molecule has 1 aliphatic rings. The topological polar surface area (TPSA) is 0 Å². The highest BCUT2D eigenvalue weighted by Crippen LogP contribution is 2.43. The predicted octanol–water partition coefficient (Wildman–Crippen LogP) is 2.69. The zero-order chi connectivity index (χ0) is 7.07. The van der Waals surface area contributed by atoms with Gasteiger partial charge in [0.25, 0.3) is 5.92 Å². The van der Waals surface area contributed by atoms with Gasteiger partial charge in [0.05, 0.1) is 0 Å². The highest BCUT2D eigenvalue weighted by Gasteiger charge is 2.44. The van der Waals surface area contributed by atoms with Crippen LogP contribution < -0.4 is 0 Å². The van der Waals surface area contributed by atoms with Crippen molar-refractivity contribution in [2.24, 2.45) is 11.8 Å². The van der Waals surface area contributed by atoms with Crippen molar-refractivity contribution in [2.75, 3.05) is 0 Å². The van der Waals surface area contributed by atoms with E-state index in [1.54, 1.807) is 6.92 Å². The molecule has 0 aromatic carbocycles. The molecular weight excluding hydrogens is 122 g/mol. The highest BCUT2D eigenvalue weighted by molar-refractivity contribution is 4.85. The van der Waals surface area contributed by atoms with Crippen LogP contribution in [0.25, 0.3) is 0 Å². The second-order valence-corrected chi connectivity index (χ2v) is 3.07. The summed E-state index contributed by atoms with van der Waals surface area (Å²) in [6.45, 7) is 3.53. The van der Waals surface area contributed by atoms with Crippen molar-refractivity contribution >= 4 is 0 Å². The van der Waals surface area contributed by atoms with Gasteiger partial charge in [-0.15, -0.1) is 0 Å². The third kappa shape index (κ3) is 1.07. The SMILES string of the molecule is CC1CCC(F)(F)[C@H]1C. The molecule has 1 unspecified atom stereocenters. The van der Waals surface area contributed by atoms with Crippen molar-refractivity contribution < 1.29 is 8.78 Å². The number of hydrogen-bond donors (Lipinski definition) is 0. The fourth-order valence-electron chi connectivity index (χ4n) is 1.31. The second kappa shape index (κ2) is 1.93. The molecule has 1 rings (SSSR count). The Morgan fingerprint density at radius 2 is 1.89 bits per heavy atom. The highest BCUT2D eigenvalue weighted by atomic mass is 19.3. The Bertz CT molecular complexity index is 109. The lowest BCUT2D eigenvalue weighted by Gasteiger charge is -2.16. The Labute approximate surface area is 54.3 Å². The monoisotopic (exact) mass is 134 g/mol. The van der Waals surface area contributed by atoms with Crippen LogP contribution in [-0.2, 0) is 0 Å². The summed E-state index contributed by atoms with van der Waals surface area (Å²) in [6.07, 6.45) is 0.781. The Hall–Kier alpha value is -0.140. The molecule has 2 heteroatoms. The van der Waals surface area contributed by atoms with E-state index in [0.29, 0.717) is 6.42 Å². The van der Waals surface area contributed by atoms with E-state index in [2.05, 4.69) is 0 Å². The summed E-state index contributed by atoms with van der Waals surface area (Å²) in [5.74, 6) is -2.57. The first-order chi connectivity index (χ1) is 4.04. The fraction of sp³-hybridized carbons (Fsp3) is 1.00. The van der Waals surface area contributed by atoms with Gasteiger partial charge in [0.15, 0.2) is 0 Å². The van der Waals surface area contributed by atoms with Gasteiger partial charge >= 0.3 is 0 Å². The molecule has 1 saturated carbocycles. The minimum Gasteiger partial charge on any atom is -0.207 e. The molecule has 0 nitrogen and oxygen atoms in total. The summed E-state index contributed by atoms with van der Waals surface area (Å²) >= 11 is 0. The van der Waals surface area contributed by atoms with Crippen LogP contribution in [0.15, 0.2) is 0 Å². The summed E-state index contributed by atoms with van der Waals surface area (Å²) in [6, 6.07) is 0. The molecule has 0 amide bonds. The molecule has 1 fully saturated rings. The first kappa shape index (κ1) is 6.97. The molecule has 0 heterocycles. The van der Waals surface area contributed by atoms with Gasteiger partial charge in [-0.05, 0) is 12.3 Å². The largest absolute Gasteiger partial charge is 0.250 e. The second-order valence-electron chi connectivity index (χ2n) is 3.07. The number of halogens is 2. The molecule has 1 aliphatic carbocycles. The van der Waals surface area contributed by atoms with Crippen molar-refractivity contribution in [3.05, 3.63) is 0 Å². The maximum Gasteiger partial charge on any atom is 0.250 e. The molecule has 0 aromatic heterocycles. The van der Waals surface area contributed by atoms with E-state index in [9.17, 15) is 8.78 Å². The number of alkyl halides is 2. The standard InChI is InChI=1S/C7H12F2/c1-5-3-4-7(8,9)6(5)2/h5-6H,3-4H2,1-2H3/t5?,6-/m0/s1. The normalized spacial score (nSPS) is 41.3. The molecular formula is C7H12F2. The Balaban J connectivity index is 2.62. The average molecular weight is 134 g/mol. The van der Waals surface area contributed by atoms with Crippen molar-refractivity contribution in [1.82, 2.24) is 0 Å². The van der Waals surface area contributed by atoms with Crippen molar-refractivity contribution in [3.8, 4) is 0 Å². The lowest BCUT2D eigenvalue weighted by molar-refractivity contribution is -0.0371. The minimum atomic E-state index is -2.38. The van der Waals surface area contributed by atoms with E-state index in [-0.39, 0.29) is 12.3 Å². The van der Waals surface area contributed by atoms with E-state index < -0.39 is 11.8 Å². The van der Waals surface area contributed by atoms with Gasteiger partial charge in [0, 0.05) is 12.3 Å². The first-order valence-corrected chi connectivity index (χ1v) is 3.42. The van der Waals surface area contributed by atoms with Gasteiger partial charge in [-0.1, -0.05) is 13.8 Å². The fourth-order valence-corrected chi connectivity index (χ4v) is 1.31. The zero-order valence-electron chi connectivity index (χ0n) is 5.82. The Morgan fingerprint density at radius 3 is 2.00 bits per heavy atom. The van der Waals surface area contributed by atoms with Crippen LogP contribution >= 0.6 is 0 Å². The number of hydrogen-bond acceptors (Lipinski definition) is 0. The predicted molar refractivity (Wildman–Crippen MR) is 32.5 cm³/mol. The summed E-state index contributed by atoms with van der Waals surface area (Å²) in [4.78, 5) is 0. The maximum absolute atomic E-state index is 12.6. The van der Waals surface area contributed by atoms with Crippen LogP contribution in [0.2, 0.25) is 0 Å². The van der Waals surface area contributed by atoms with Crippen LogP contribution in [-0.4, -0.2) is 5.92 Å². The van der Waals surface area contributed by atoms with Gasteiger partial charge in [-0.2, -0.15) is 0 Å². The minimum absolute atomic E-state index is 0.0926. The summed E-state index contributed by atoms with van der Waals surface area (Å²) in [7, 11) is 0. The lowest BCUT2D eigenvalue weighted by atomic mass is 9.99. The molecule has 0 N–H and O–H groups in total. The van der Waals surface area contributed by atoms with Gasteiger partial charge in [0.2, 0.25) is 0 Å². The maximum atomic E-state index is 12.6. The quantitative estimate of drug-likeness (QED) is 0.477. The van der Waals surface area contributed by atoms with Gasteiger partial charge in [-0.3, -0.25) is 0 Å². The van der Waals surface area contributed by atoms with Gasteiger partial charge in [0.1, 0.15) is 0 Å². The molecule has 0 saturated heterocycles. The van der Waals surface area contributed by atoms with E-state index in [4.69, 9.17) is 0 Å². The van der Waals surface area contributed by atoms with Crippen LogP contribution in [0.5, 0.6) is 0 Å². The third-order valence-electron chi connectivity index (χ3n) is 2.45. The molecule has 0 spiro atoms. The Morgan fingerprint density at radius 1 is 1.33 bits per heavy atom. The summed E-state index contributed by atoms with van der Waals surface area (Å²) in [5, 5.41) is 0. The molecule has 9 heavy (non-hydrogen) atoms. The molecule has 0 radical (unpaired) electrons. The van der Waals surface area contributed by atoms with Crippen LogP contribution in [0, 0.1) is 11.8 Å². The van der Waals surface area contributed by atoms with E-state index >= 15 is 0 Å². The summed E-state index contributed by atoms with van der Waals surface area (Å²) < 4.78 is 25.2. The van der Waals surface area contributed by atoms with Crippen LogP contribution in [0.4, 0.5) is 8.78 Å². The molecule has 0 aliphatic heterocycles. The molecule has 54 valence electrons. The summed E-state index contributed by atoms with van der Waals surface area (Å²) in [5.41, 5.74) is 0. The number of rotatable bonds is 0. The van der Waals surface area contributed by atoms with E-state index in [1.165, 1.54) is 0 Å². The van der Waals surface area contributed by atoms with Gasteiger partial charge in [-0.25, -0.2) is 8.78 Å². The average Bonchev–Trinajstić information content (AvgIpc) is 1.97.